The molecular formula is C52H74CaO10S2. The molecule has 0 heterocycles. The molecule has 0 spiro atoms. The van der Waals surface area contributed by atoms with Crippen LogP contribution in [-0.2, 0) is 33.1 Å². The van der Waals surface area contributed by atoms with Crippen molar-refractivity contribution in [1.82, 2.24) is 0 Å². The molecule has 0 unspecified atom stereocenters. The van der Waals surface area contributed by atoms with Crippen molar-refractivity contribution in [1.29, 1.82) is 0 Å². The third kappa shape index (κ3) is 24.7. The van der Waals surface area contributed by atoms with E-state index in [1.807, 2.05) is 18.2 Å². The number of rotatable bonds is 32. The van der Waals surface area contributed by atoms with Gasteiger partial charge in [0.05, 0.1) is 9.79 Å². The Labute approximate surface area is 421 Å². The third-order valence-corrected chi connectivity index (χ3v) is 13.1. The van der Waals surface area contributed by atoms with Crippen LogP contribution in [0.15, 0.2) is 94.7 Å². The van der Waals surface area contributed by atoms with Gasteiger partial charge in [0.1, 0.15) is 27.4 Å². The molecule has 356 valence electrons. The molecule has 0 amide bonds. The number of unbranched alkanes of at least 4 members (excludes halogenated alkanes) is 22. The second-order valence-corrected chi connectivity index (χ2v) is 19.7. The van der Waals surface area contributed by atoms with Crippen molar-refractivity contribution in [2.45, 2.75) is 191 Å². The predicted octanol–water partition coefficient (Wildman–Crippen LogP) is 14.0. The number of hydrogen-bond acceptors (Lipinski definition) is 9. The number of aryl methyl sites for hydroxylation is 2. The first-order valence-electron chi connectivity index (χ1n) is 23.9. The quantitative estimate of drug-likeness (QED) is 0.0272. The van der Waals surface area contributed by atoms with Gasteiger partial charge in [0.2, 0.25) is 0 Å². The molecule has 13 heteroatoms. The van der Waals surface area contributed by atoms with Gasteiger partial charge in [-0.2, -0.15) is 8.42 Å². The van der Waals surface area contributed by atoms with Crippen LogP contribution in [0, 0.1) is 0 Å². The zero-order valence-electron chi connectivity index (χ0n) is 39.2. The number of ether oxygens (including phenoxy) is 2. The molecule has 2 N–H and O–H groups in total. The molecule has 0 saturated carbocycles. The van der Waals surface area contributed by atoms with E-state index in [1.54, 1.807) is 24.3 Å². The molecule has 0 aliphatic carbocycles. The minimum Gasteiger partial charge on any atom is -0.870 e. The molecular weight excluding hydrogens is 889 g/mol. The summed E-state index contributed by atoms with van der Waals surface area (Å²) in [6.07, 6.45) is 32.1. The Morgan fingerprint density at radius 3 is 1.28 bits per heavy atom. The molecule has 4 rings (SSSR count). The second-order valence-electron chi connectivity index (χ2n) is 16.9. The molecule has 0 aliphatic rings. The number of phenolic OH excluding ortho intramolecular Hbond substituents is 1. The summed E-state index contributed by atoms with van der Waals surface area (Å²) in [6, 6.07) is 21.3. The zero-order chi connectivity index (χ0) is 46.5. The van der Waals surface area contributed by atoms with Crippen molar-refractivity contribution >= 4 is 58.0 Å². The largest absolute Gasteiger partial charge is 2.00 e. The van der Waals surface area contributed by atoms with E-state index in [2.05, 4.69) is 13.8 Å². The van der Waals surface area contributed by atoms with Crippen molar-refractivity contribution in [3.8, 4) is 34.5 Å². The van der Waals surface area contributed by atoms with Gasteiger partial charge in [0.15, 0.2) is 11.5 Å². The monoisotopic (exact) mass is 962 g/mol. The Bertz CT molecular complexity index is 1970. The minimum atomic E-state index is -4.57. The van der Waals surface area contributed by atoms with E-state index < -0.39 is 20.2 Å². The average molecular weight is 963 g/mol. The standard InChI is InChI=1S/2C26H38O5S.Ca/c2*1-2-3-4-5-6-7-8-9-10-11-12-13-16-22-17-14-20-25(26(22)27)31-23-18-15-19-24(21-23)32(28,29)30;/h2*14-15,17-21,27H,2-13,16H2,1H3,(H,28,29,30);/q;;+2/p-2. The Balaban J connectivity index is 0.000000440. The Kier molecular flexibility index (Phi) is 30.1. The maximum Gasteiger partial charge on any atom is 2.00 e. The van der Waals surface area contributed by atoms with Crippen LogP contribution in [0.3, 0.4) is 0 Å². The van der Waals surface area contributed by atoms with Gasteiger partial charge in [-0.25, -0.2) is 8.42 Å². The summed E-state index contributed by atoms with van der Waals surface area (Å²) >= 11 is 0. The molecule has 4 aromatic rings. The van der Waals surface area contributed by atoms with Crippen LogP contribution in [0.5, 0.6) is 34.5 Å². The molecule has 0 atom stereocenters. The number of benzene rings is 4. The van der Waals surface area contributed by atoms with Crippen LogP contribution in [-0.4, -0.2) is 68.8 Å². The summed E-state index contributed by atoms with van der Waals surface area (Å²) in [4.78, 5) is -0.628. The average Bonchev–Trinajstić information content (AvgIpc) is 3.26. The van der Waals surface area contributed by atoms with Gasteiger partial charge >= 0.3 is 37.7 Å². The molecule has 0 aromatic heterocycles. The summed E-state index contributed by atoms with van der Waals surface area (Å²) in [5, 5.41) is 23.2. The number of hydrogen-bond donors (Lipinski definition) is 2. The number of phenols is 1. The van der Waals surface area contributed by atoms with Gasteiger partial charge in [-0.3, -0.25) is 4.55 Å². The summed E-state index contributed by atoms with van der Waals surface area (Å²) < 4.78 is 76.6. The van der Waals surface area contributed by atoms with Crippen molar-refractivity contribution in [3.05, 3.63) is 96.1 Å². The van der Waals surface area contributed by atoms with Crippen molar-refractivity contribution in [2.75, 3.05) is 0 Å². The Hall–Kier alpha value is -2.84. The SMILES string of the molecule is CCCCCCCCCCCCCCc1cccc(Oc2cccc(S(=O)(=O)O)c2)c1O.CCCCCCCCCCCCCCc1cccc(Oc2cccc(S(=O)(=O)[O-])c2)c1[O-].[Ca+2]. The first-order chi connectivity index (χ1) is 30.8. The molecule has 0 aliphatic heterocycles. The van der Waals surface area contributed by atoms with E-state index in [9.17, 15) is 36.2 Å². The van der Waals surface area contributed by atoms with Gasteiger partial charge in [-0.05, 0) is 73.7 Å². The predicted molar refractivity (Wildman–Crippen MR) is 260 cm³/mol. The van der Waals surface area contributed by atoms with E-state index in [0.717, 1.165) is 43.7 Å². The number of para-hydroxylation sites is 2. The maximum absolute atomic E-state index is 12.7. The van der Waals surface area contributed by atoms with Gasteiger partial charge in [0.25, 0.3) is 10.1 Å². The molecule has 4 aromatic carbocycles. The zero-order valence-corrected chi connectivity index (χ0v) is 43.0. The van der Waals surface area contributed by atoms with E-state index in [0.29, 0.717) is 12.0 Å². The first-order valence-corrected chi connectivity index (χ1v) is 26.8. The minimum absolute atomic E-state index is 0. The Morgan fingerprint density at radius 1 is 0.477 bits per heavy atom. The van der Waals surface area contributed by atoms with E-state index in [1.165, 1.54) is 165 Å². The topological polar surface area (TPSA) is 173 Å². The van der Waals surface area contributed by atoms with Crippen LogP contribution in [0.1, 0.15) is 179 Å². The molecule has 0 bridgehead atoms. The van der Waals surface area contributed by atoms with Crippen LogP contribution in [0.4, 0.5) is 0 Å². The van der Waals surface area contributed by atoms with Gasteiger partial charge < -0.3 is 24.2 Å². The van der Waals surface area contributed by atoms with Gasteiger partial charge in [0, 0.05) is 6.07 Å². The van der Waals surface area contributed by atoms with E-state index in [-0.39, 0.29) is 82.0 Å². The second kappa shape index (κ2) is 33.6. The van der Waals surface area contributed by atoms with Crippen molar-refractivity contribution in [2.24, 2.45) is 0 Å². The summed E-state index contributed by atoms with van der Waals surface area (Å²) in [5.41, 5.74) is 1.52. The van der Waals surface area contributed by atoms with Crippen LogP contribution in [0.2, 0.25) is 0 Å². The Morgan fingerprint density at radius 2 is 0.831 bits per heavy atom. The van der Waals surface area contributed by atoms with Crippen LogP contribution in [0.25, 0.3) is 0 Å². The molecule has 65 heavy (non-hydrogen) atoms. The summed E-state index contributed by atoms with van der Waals surface area (Å²) in [6.45, 7) is 4.50. The molecule has 0 radical (unpaired) electrons. The molecule has 0 saturated heterocycles. The smallest absolute Gasteiger partial charge is 0.870 e. The maximum atomic E-state index is 12.7. The van der Waals surface area contributed by atoms with Crippen molar-refractivity contribution in [3.63, 3.8) is 0 Å². The van der Waals surface area contributed by atoms with Crippen LogP contribution >= 0.6 is 0 Å². The van der Waals surface area contributed by atoms with E-state index in [4.69, 9.17) is 9.47 Å². The molecule has 10 nitrogen and oxygen atoms in total. The molecule has 0 fully saturated rings. The van der Waals surface area contributed by atoms with E-state index >= 15 is 0 Å². The normalized spacial score (nSPS) is 11.4. The van der Waals surface area contributed by atoms with Gasteiger partial charge in [-0.15, -0.1) is 0 Å². The fourth-order valence-corrected chi connectivity index (χ4v) is 8.67. The summed E-state index contributed by atoms with van der Waals surface area (Å²) in [7, 11) is -8.88. The number of aromatic hydroxyl groups is 1. The first kappa shape index (κ1) is 58.3. The fraction of sp³-hybridized carbons (Fsp3) is 0.538. The third-order valence-electron chi connectivity index (χ3n) is 11.4. The van der Waals surface area contributed by atoms with Crippen molar-refractivity contribution < 1.29 is 45.6 Å². The van der Waals surface area contributed by atoms with Crippen LogP contribution < -0.4 is 14.6 Å². The fourth-order valence-electron chi connectivity index (χ4n) is 7.65. The van der Waals surface area contributed by atoms with Gasteiger partial charge in [-0.1, -0.05) is 203 Å². The summed E-state index contributed by atoms with van der Waals surface area (Å²) in [5.74, 6) is 0.689.